The van der Waals surface area contributed by atoms with Gasteiger partial charge in [0.05, 0.1) is 5.69 Å². The van der Waals surface area contributed by atoms with Crippen molar-refractivity contribution in [2.75, 3.05) is 0 Å². The van der Waals surface area contributed by atoms with Crippen LogP contribution in [0.3, 0.4) is 0 Å². The zero-order chi connectivity index (χ0) is 25.5. The SMILES string of the molecule is Cc1cccc(-c2cccc(-c3cccc(-c4cccc(-c5cccc6c5oc5ccccc56)c4)c3)c2)n1. The molecule has 0 unspecified atom stereocenters. The average Bonchev–Trinajstić information content (AvgIpc) is 3.36. The number of aryl methyl sites for hydroxylation is 1. The number of rotatable bonds is 4. The number of furan rings is 1. The molecular formula is C36H25NO. The molecule has 0 aliphatic heterocycles. The smallest absolute Gasteiger partial charge is 0.143 e. The zero-order valence-electron chi connectivity index (χ0n) is 21.1. The van der Waals surface area contributed by atoms with Crippen molar-refractivity contribution in [3.05, 3.63) is 139 Å². The Morgan fingerprint density at radius 1 is 0.474 bits per heavy atom. The zero-order valence-corrected chi connectivity index (χ0v) is 21.1. The Kier molecular flexibility index (Phi) is 5.37. The molecule has 2 heterocycles. The Balaban J connectivity index is 1.28. The average molecular weight is 488 g/mol. The van der Waals surface area contributed by atoms with Crippen molar-refractivity contribution in [1.82, 2.24) is 4.98 Å². The van der Waals surface area contributed by atoms with Gasteiger partial charge in [0, 0.05) is 27.6 Å². The van der Waals surface area contributed by atoms with Gasteiger partial charge in [-0.2, -0.15) is 0 Å². The highest BCUT2D eigenvalue weighted by Crippen LogP contribution is 2.37. The van der Waals surface area contributed by atoms with Gasteiger partial charge in [-0.1, -0.05) is 97.1 Å². The third kappa shape index (κ3) is 3.97. The predicted molar refractivity (Wildman–Crippen MR) is 158 cm³/mol. The lowest BCUT2D eigenvalue weighted by atomic mass is 9.95. The van der Waals surface area contributed by atoms with Crippen LogP contribution >= 0.6 is 0 Å². The minimum absolute atomic E-state index is 0.918. The second-order valence-corrected chi connectivity index (χ2v) is 9.69. The number of para-hydroxylation sites is 2. The van der Waals surface area contributed by atoms with E-state index in [4.69, 9.17) is 9.40 Å². The fourth-order valence-corrected chi connectivity index (χ4v) is 5.28. The molecule has 0 aliphatic rings. The molecule has 7 aromatic rings. The molecule has 0 amide bonds. The highest BCUT2D eigenvalue weighted by molar-refractivity contribution is 6.09. The van der Waals surface area contributed by atoms with E-state index in [1.54, 1.807) is 0 Å². The number of pyridine rings is 1. The summed E-state index contributed by atoms with van der Waals surface area (Å²) in [6.07, 6.45) is 0. The van der Waals surface area contributed by atoms with Crippen molar-refractivity contribution in [3.63, 3.8) is 0 Å². The van der Waals surface area contributed by atoms with Gasteiger partial charge in [-0.15, -0.1) is 0 Å². The summed E-state index contributed by atoms with van der Waals surface area (Å²) in [6.45, 7) is 2.03. The van der Waals surface area contributed by atoms with Gasteiger partial charge in [0.25, 0.3) is 0 Å². The van der Waals surface area contributed by atoms with Gasteiger partial charge in [0.15, 0.2) is 0 Å². The molecule has 0 atom stereocenters. The molecule has 7 rings (SSSR count). The Bertz CT molecular complexity index is 1950. The lowest BCUT2D eigenvalue weighted by Crippen LogP contribution is -1.87. The van der Waals surface area contributed by atoms with Crippen molar-refractivity contribution < 1.29 is 4.42 Å². The van der Waals surface area contributed by atoms with Gasteiger partial charge in [0.1, 0.15) is 11.2 Å². The van der Waals surface area contributed by atoms with Crippen LogP contribution in [0.2, 0.25) is 0 Å². The van der Waals surface area contributed by atoms with E-state index in [1.807, 2.05) is 25.1 Å². The Labute approximate surface area is 221 Å². The minimum Gasteiger partial charge on any atom is -0.455 e. The van der Waals surface area contributed by atoms with Crippen LogP contribution in [0.4, 0.5) is 0 Å². The van der Waals surface area contributed by atoms with E-state index in [-0.39, 0.29) is 0 Å². The first-order chi connectivity index (χ1) is 18.7. The van der Waals surface area contributed by atoms with Crippen LogP contribution in [0.25, 0.3) is 66.6 Å². The van der Waals surface area contributed by atoms with Crippen molar-refractivity contribution in [2.24, 2.45) is 0 Å². The van der Waals surface area contributed by atoms with Gasteiger partial charge >= 0.3 is 0 Å². The summed E-state index contributed by atoms with van der Waals surface area (Å²) in [7, 11) is 0. The summed E-state index contributed by atoms with van der Waals surface area (Å²) in [4.78, 5) is 4.71. The molecule has 0 radical (unpaired) electrons. The first-order valence-electron chi connectivity index (χ1n) is 12.9. The Hall–Kier alpha value is -4.95. The highest BCUT2D eigenvalue weighted by Gasteiger charge is 2.12. The van der Waals surface area contributed by atoms with Crippen LogP contribution in [0.15, 0.2) is 138 Å². The molecule has 2 heteroatoms. The molecule has 5 aromatic carbocycles. The first kappa shape index (κ1) is 22.3. The van der Waals surface area contributed by atoms with E-state index in [0.29, 0.717) is 0 Å². The van der Waals surface area contributed by atoms with Gasteiger partial charge in [-0.05, 0) is 71.1 Å². The van der Waals surface area contributed by atoms with E-state index in [0.717, 1.165) is 50.0 Å². The largest absolute Gasteiger partial charge is 0.455 e. The molecule has 2 aromatic heterocycles. The van der Waals surface area contributed by atoms with E-state index in [2.05, 4.69) is 115 Å². The lowest BCUT2D eigenvalue weighted by Gasteiger charge is -2.10. The van der Waals surface area contributed by atoms with E-state index in [1.165, 1.54) is 22.3 Å². The van der Waals surface area contributed by atoms with Crippen LogP contribution in [-0.4, -0.2) is 4.98 Å². The molecule has 0 saturated heterocycles. The van der Waals surface area contributed by atoms with Crippen LogP contribution < -0.4 is 0 Å². The maximum Gasteiger partial charge on any atom is 0.143 e. The van der Waals surface area contributed by atoms with Gasteiger partial charge in [-0.25, -0.2) is 0 Å². The van der Waals surface area contributed by atoms with Crippen LogP contribution in [-0.2, 0) is 0 Å². The standard InChI is InChI=1S/C36H25NO/c1-24-9-4-19-34(37-24)30-15-7-13-28(23-30)26-11-5-10-25(21-26)27-12-6-14-29(22-27)31-17-8-18-33-32-16-2-3-20-35(32)38-36(31)33/h2-23H,1H3. The highest BCUT2D eigenvalue weighted by atomic mass is 16.3. The summed E-state index contributed by atoms with van der Waals surface area (Å²) in [5.41, 5.74) is 12.0. The third-order valence-corrected chi connectivity index (χ3v) is 7.15. The molecule has 38 heavy (non-hydrogen) atoms. The van der Waals surface area contributed by atoms with E-state index < -0.39 is 0 Å². The van der Waals surface area contributed by atoms with Crippen LogP contribution in [0, 0.1) is 6.92 Å². The second-order valence-electron chi connectivity index (χ2n) is 9.69. The molecular weight excluding hydrogens is 462 g/mol. The van der Waals surface area contributed by atoms with Crippen molar-refractivity contribution in [2.45, 2.75) is 6.92 Å². The quantitative estimate of drug-likeness (QED) is 0.247. The second kappa shape index (κ2) is 9.17. The van der Waals surface area contributed by atoms with Crippen LogP contribution in [0.1, 0.15) is 5.69 Å². The molecule has 0 N–H and O–H groups in total. The lowest BCUT2D eigenvalue weighted by molar-refractivity contribution is 0.670. The molecule has 0 fully saturated rings. The number of hydrogen-bond acceptors (Lipinski definition) is 2. The Morgan fingerprint density at radius 2 is 1.03 bits per heavy atom. The number of hydrogen-bond donors (Lipinski definition) is 0. The van der Waals surface area contributed by atoms with E-state index in [9.17, 15) is 0 Å². The fraction of sp³-hybridized carbons (Fsp3) is 0.0278. The summed E-state index contributed by atoms with van der Waals surface area (Å²) in [6, 6.07) is 46.9. The predicted octanol–water partition coefficient (Wildman–Crippen LogP) is 9.96. The van der Waals surface area contributed by atoms with Gasteiger partial charge in [0.2, 0.25) is 0 Å². The topological polar surface area (TPSA) is 26.0 Å². The Morgan fingerprint density at radius 3 is 1.76 bits per heavy atom. The molecule has 2 nitrogen and oxygen atoms in total. The number of aromatic nitrogens is 1. The minimum atomic E-state index is 0.918. The molecule has 0 bridgehead atoms. The van der Waals surface area contributed by atoms with Crippen molar-refractivity contribution in [3.8, 4) is 44.6 Å². The van der Waals surface area contributed by atoms with Crippen molar-refractivity contribution in [1.29, 1.82) is 0 Å². The summed E-state index contributed by atoms with van der Waals surface area (Å²) in [5, 5.41) is 2.30. The van der Waals surface area contributed by atoms with E-state index >= 15 is 0 Å². The summed E-state index contributed by atoms with van der Waals surface area (Å²) in [5.74, 6) is 0. The molecule has 0 spiro atoms. The summed E-state index contributed by atoms with van der Waals surface area (Å²) < 4.78 is 6.31. The van der Waals surface area contributed by atoms with Gasteiger partial charge in [-0.3, -0.25) is 4.98 Å². The number of fused-ring (bicyclic) bond motifs is 3. The normalized spacial score (nSPS) is 11.3. The van der Waals surface area contributed by atoms with Crippen molar-refractivity contribution >= 4 is 21.9 Å². The maximum absolute atomic E-state index is 6.31. The monoisotopic (exact) mass is 487 g/mol. The first-order valence-corrected chi connectivity index (χ1v) is 12.9. The summed E-state index contributed by atoms with van der Waals surface area (Å²) >= 11 is 0. The number of nitrogens with zero attached hydrogens (tertiary/aromatic N) is 1. The fourth-order valence-electron chi connectivity index (χ4n) is 5.28. The third-order valence-electron chi connectivity index (χ3n) is 7.15. The number of benzene rings is 5. The molecule has 0 aliphatic carbocycles. The van der Waals surface area contributed by atoms with Gasteiger partial charge < -0.3 is 4.42 Å². The molecule has 180 valence electrons. The maximum atomic E-state index is 6.31. The van der Waals surface area contributed by atoms with Crippen LogP contribution in [0.5, 0.6) is 0 Å². The molecule has 0 saturated carbocycles.